The third kappa shape index (κ3) is 2.43. The van der Waals surface area contributed by atoms with Crippen molar-refractivity contribution in [2.75, 3.05) is 13.4 Å². The van der Waals surface area contributed by atoms with Crippen LogP contribution in [0.2, 0.25) is 0 Å². The number of hydrogen-bond donors (Lipinski definition) is 2. The molecule has 2 N–H and O–H groups in total. The van der Waals surface area contributed by atoms with Gasteiger partial charge in [-0.15, -0.1) is 0 Å². The van der Waals surface area contributed by atoms with Gasteiger partial charge in [-0.25, -0.2) is 0 Å². The van der Waals surface area contributed by atoms with E-state index in [9.17, 15) is 19.8 Å². The van der Waals surface area contributed by atoms with Crippen LogP contribution < -0.4 is 0 Å². The van der Waals surface area contributed by atoms with Crippen LogP contribution in [-0.2, 0) is 19.1 Å². The molecule has 0 aromatic rings. The average molecular weight is 433 g/mol. The fraction of sp³-hybridized carbons (Fsp3) is 0.840. The quantitative estimate of drug-likeness (QED) is 0.709. The van der Waals surface area contributed by atoms with E-state index in [4.69, 9.17) is 9.47 Å². The van der Waals surface area contributed by atoms with Crippen LogP contribution in [0.15, 0.2) is 11.6 Å². The summed E-state index contributed by atoms with van der Waals surface area (Å²) in [7, 11) is 0. The summed E-state index contributed by atoms with van der Waals surface area (Å²) in [6.07, 6.45) is 7.85. The van der Waals surface area contributed by atoms with Crippen molar-refractivity contribution in [3.63, 3.8) is 0 Å². The summed E-state index contributed by atoms with van der Waals surface area (Å²) in [5.74, 6) is -0.801. The Morgan fingerprint density at radius 2 is 1.87 bits per heavy atom. The van der Waals surface area contributed by atoms with E-state index in [2.05, 4.69) is 20.8 Å². The smallest absolute Gasteiger partial charge is 0.264 e. The van der Waals surface area contributed by atoms with E-state index in [0.29, 0.717) is 11.8 Å². The van der Waals surface area contributed by atoms with Crippen molar-refractivity contribution in [1.82, 2.24) is 0 Å². The van der Waals surface area contributed by atoms with Crippen LogP contribution in [0.5, 0.6) is 0 Å². The lowest BCUT2D eigenvalue weighted by molar-refractivity contribution is -0.413. The van der Waals surface area contributed by atoms with Crippen LogP contribution in [0.1, 0.15) is 72.1 Å². The number of fused-ring (bicyclic) bond motifs is 5. The number of hydrogen-bond acceptors (Lipinski definition) is 6. The van der Waals surface area contributed by atoms with Gasteiger partial charge in [-0.05, 0) is 74.2 Å². The Kier molecular flexibility index (Phi) is 4.88. The fourth-order valence-electron chi connectivity index (χ4n) is 8.86. The van der Waals surface area contributed by atoms with E-state index < -0.39 is 22.7 Å². The Labute approximate surface area is 184 Å². The molecule has 1 saturated heterocycles. The lowest BCUT2D eigenvalue weighted by Gasteiger charge is -2.63. The normalized spacial score (nSPS) is 47.8. The van der Waals surface area contributed by atoms with Gasteiger partial charge in [0.15, 0.2) is 12.6 Å². The SMILES string of the molecule is CCC[C@]1(C(=O)CO)CC[C@H]2[C@@H]3CCC4=CC(=O)C5(OCO5)[C@@H](O)[C@]4(C)[C@H]3CC[C@@]21C. The zero-order chi connectivity index (χ0) is 22.2. The zero-order valence-corrected chi connectivity index (χ0v) is 19.0. The molecule has 0 aromatic heterocycles. The summed E-state index contributed by atoms with van der Waals surface area (Å²) < 4.78 is 11.1. The van der Waals surface area contributed by atoms with E-state index in [1.807, 2.05) is 0 Å². The minimum absolute atomic E-state index is 0.0129. The van der Waals surface area contributed by atoms with Gasteiger partial charge in [-0.2, -0.15) is 0 Å². The van der Waals surface area contributed by atoms with E-state index in [1.165, 1.54) is 0 Å². The molecule has 0 radical (unpaired) electrons. The molecule has 172 valence electrons. The second-order valence-electron chi connectivity index (χ2n) is 11.1. The molecule has 7 atom stereocenters. The molecule has 4 fully saturated rings. The van der Waals surface area contributed by atoms with Crippen LogP contribution in [0.3, 0.4) is 0 Å². The van der Waals surface area contributed by atoms with Gasteiger partial charge in [0, 0.05) is 10.8 Å². The summed E-state index contributed by atoms with van der Waals surface area (Å²) in [5.41, 5.74) is -0.0942. The van der Waals surface area contributed by atoms with Gasteiger partial charge in [-0.3, -0.25) is 9.59 Å². The van der Waals surface area contributed by atoms with Gasteiger partial charge in [0.05, 0.1) is 0 Å². The third-order valence-electron chi connectivity index (χ3n) is 10.5. The van der Waals surface area contributed by atoms with Gasteiger partial charge in [0.25, 0.3) is 5.79 Å². The molecule has 6 heteroatoms. The van der Waals surface area contributed by atoms with E-state index in [-0.39, 0.29) is 36.3 Å². The van der Waals surface area contributed by atoms with E-state index in [1.54, 1.807) is 6.08 Å². The average Bonchev–Trinajstić information content (AvgIpc) is 3.01. The number of Topliss-reactive ketones (excluding diaryl/α,β-unsaturated/α-hetero) is 1. The predicted octanol–water partition coefficient (Wildman–Crippen LogP) is 3.15. The van der Waals surface area contributed by atoms with E-state index in [0.717, 1.165) is 56.9 Å². The maximum atomic E-state index is 13.1. The first kappa shape index (κ1) is 21.7. The zero-order valence-electron chi connectivity index (χ0n) is 19.0. The second kappa shape index (κ2) is 6.96. The molecular formula is C25H36O6. The predicted molar refractivity (Wildman–Crippen MR) is 113 cm³/mol. The van der Waals surface area contributed by atoms with E-state index >= 15 is 0 Å². The molecule has 3 saturated carbocycles. The number of rotatable bonds is 4. The van der Waals surface area contributed by atoms with Gasteiger partial charge >= 0.3 is 0 Å². The first-order chi connectivity index (χ1) is 14.7. The largest absolute Gasteiger partial charge is 0.389 e. The molecule has 5 rings (SSSR count). The van der Waals surface area contributed by atoms with Crippen LogP contribution in [0.4, 0.5) is 0 Å². The van der Waals surface area contributed by atoms with Crippen LogP contribution in [0, 0.1) is 34.0 Å². The summed E-state index contributed by atoms with van der Waals surface area (Å²) in [5, 5.41) is 21.3. The van der Waals surface area contributed by atoms with Crippen molar-refractivity contribution in [2.45, 2.75) is 84.0 Å². The molecule has 0 amide bonds. The molecule has 4 aliphatic carbocycles. The molecular weight excluding hydrogens is 396 g/mol. The van der Waals surface area contributed by atoms with Crippen molar-refractivity contribution >= 4 is 11.6 Å². The highest BCUT2D eigenvalue weighted by Crippen LogP contribution is 2.71. The highest BCUT2D eigenvalue weighted by Gasteiger charge is 2.70. The Hall–Kier alpha value is -1.08. The van der Waals surface area contributed by atoms with Gasteiger partial charge in [-0.1, -0.05) is 32.8 Å². The van der Waals surface area contributed by atoms with Gasteiger partial charge in [0.1, 0.15) is 12.7 Å². The Balaban J connectivity index is 1.53. The first-order valence-electron chi connectivity index (χ1n) is 12.1. The summed E-state index contributed by atoms with van der Waals surface area (Å²) in [6.45, 7) is 6.17. The van der Waals surface area contributed by atoms with Crippen LogP contribution in [0.25, 0.3) is 0 Å². The maximum Gasteiger partial charge on any atom is 0.264 e. The van der Waals surface area contributed by atoms with Crippen LogP contribution in [-0.4, -0.2) is 47.1 Å². The number of ether oxygens (including phenoxy) is 2. The van der Waals surface area contributed by atoms with Crippen molar-refractivity contribution in [3.05, 3.63) is 11.6 Å². The monoisotopic (exact) mass is 432 g/mol. The van der Waals surface area contributed by atoms with Gasteiger partial charge in [0.2, 0.25) is 5.78 Å². The van der Waals surface area contributed by atoms with Crippen molar-refractivity contribution < 1.29 is 29.3 Å². The molecule has 0 unspecified atom stereocenters. The third-order valence-corrected chi connectivity index (χ3v) is 10.5. The standard InChI is InChI=1S/C25H36O6/c1-4-9-24(20(28)13-26)11-8-17-16-6-5-15-12-19(27)25(30-14-31-25)21(29)23(15,3)18(16)7-10-22(17,24)2/h12,16-18,21,26,29H,4-11,13-14H2,1-3H3/t16-,17-,18-,21-,22-,23-,24+/m0/s1. The van der Waals surface area contributed by atoms with Gasteiger partial charge < -0.3 is 19.7 Å². The summed E-state index contributed by atoms with van der Waals surface area (Å²) in [6, 6.07) is 0. The number of aliphatic hydroxyl groups excluding tert-OH is 2. The summed E-state index contributed by atoms with van der Waals surface area (Å²) in [4.78, 5) is 25.8. The number of carbonyl (C=O) groups excluding carboxylic acids is 2. The Bertz CT molecular complexity index is 830. The maximum absolute atomic E-state index is 13.1. The van der Waals surface area contributed by atoms with Crippen molar-refractivity contribution in [3.8, 4) is 0 Å². The molecule has 1 aliphatic heterocycles. The minimum Gasteiger partial charge on any atom is -0.389 e. The van der Waals surface area contributed by atoms with Crippen molar-refractivity contribution in [2.24, 2.45) is 34.0 Å². The Morgan fingerprint density at radius 3 is 2.48 bits per heavy atom. The highest BCUT2D eigenvalue weighted by molar-refractivity contribution is 5.99. The molecule has 0 bridgehead atoms. The number of aliphatic hydroxyl groups is 2. The molecule has 1 spiro atoms. The molecule has 6 nitrogen and oxygen atoms in total. The topological polar surface area (TPSA) is 93.1 Å². The molecule has 31 heavy (non-hydrogen) atoms. The first-order valence-corrected chi connectivity index (χ1v) is 12.1. The second-order valence-corrected chi connectivity index (χ2v) is 11.1. The lowest BCUT2D eigenvalue weighted by atomic mass is 9.43. The minimum atomic E-state index is -1.53. The Morgan fingerprint density at radius 1 is 1.16 bits per heavy atom. The number of ketones is 2. The molecule has 0 aromatic carbocycles. The molecule has 1 heterocycles. The fourth-order valence-corrected chi connectivity index (χ4v) is 8.86. The van der Waals surface area contributed by atoms with Crippen molar-refractivity contribution in [1.29, 1.82) is 0 Å². The summed E-state index contributed by atoms with van der Waals surface area (Å²) >= 11 is 0. The molecule has 5 aliphatic rings. The lowest BCUT2D eigenvalue weighted by Crippen LogP contribution is -2.70. The van der Waals surface area contributed by atoms with Crippen LogP contribution >= 0.6 is 0 Å². The highest BCUT2D eigenvalue weighted by atomic mass is 16.9. The number of carbonyl (C=O) groups is 2.